The molecule has 1 aliphatic rings. The molecule has 0 aromatic carbocycles. The van der Waals surface area contributed by atoms with E-state index in [1.54, 1.807) is 0 Å². The number of likely N-dealkylation sites (tertiary alicyclic amines) is 1. The summed E-state index contributed by atoms with van der Waals surface area (Å²) >= 11 is 0. The molecule has 1 amide bonds. The van der Waals surface area contributed by atoms with Crippen LogP contribution < -0.4 is 5.32 Å². The van der Waals surface area contributed by atoms with E-state index in [1.807, 2.05) is 24.4 Å². The molecule has 1 atom stereocenters. The zero-order chi connectivity index (χ0) is 17.5. The third kappa shape index (κ3) is 5.90. The first-order chi connectivity index (χ1) is 11.5. The Morgan fingerprint density at radius 3 is 2.46 bits per heavy atom. The van der Waals surface area contributed by atoms with Gasteiger partial charge in [0.2, 0.25) is 5.91 Å². The highest BCUT2D eigenvalue weighted by atomic mass is 16.1. The first-order valence-corrected chi connectivity index (χ1v) is 9.38. The lowest BCUT2D eigenvalue weighted by molar-refractivity contribution is -0.123. The predicted molar refractivity (Wildman–Crippen MR) is 98.6 cm³/mol. The molecule has 2 rings (SSSR count). The summed E-state index contributed by atoms with van der Waals surface area (Å²) in [5.41, 5.74) is 0.997. The molecule has 1 saturated heterocycles. The van der Waals surface area contributed by atoms with Crippen molar-refractivity contribution < 1.29 is 4.79 Å². The lowest BCUT2D eigenvalue weighted by atomic mass is 9.86. The number of carbonyl (C=O) groups excluding carboxylic acids is 1. The maximum atomic E-state index is 12.3. The number of nitrogens with one attached hydrogen (secondary N) is 1. The van der Waals surface area contributed by atoms with Crippen LogP contribution in [0.3, 0.4) is 0 Å². The lowest BCUT2D eigenvalue weighted by Gasteiger charge is -2.37. The van der Waals surface area contributed by atoms with Crippen molar-refractivity contribution >= 4 is 5.91 Å². The van der Waals surface area contributed by atoms with E-state index in [1.165, 1.54) is 6.54 Å². The SMILES string of the molecule is CC(C)CC(=O)N[C@@H](c1ccccn1)C1CCN(CC(C)C)CC1. The van der Waals surface area contributed by atoms with Gasteiger partial charge in [0.05, 0.1) is 11.7 Å². The quantitative estimate of drug-likeness (QED) is 0.829. The maximum Gasteiger partial charge on any atom is 0.220 e. The molecule has 0 spiro atoms. The van der Waals surface area contributed by atoms with Crippen molar-refractivity contribution in [1.29, 1.82) is 0 Å². The van der Waals surface area contributed by atoms with Crippen molar-refractivity contribution in [2.75, 3.05) is 19.6 Å². The molecule has 24 heavy (non-hydrogen) atoms. The minimum Gasteiger partial charge on any atom is -0.347 e. The zero-order valence-corrected chi connectivity index (χ0v) is 15.7. The van der Waals surface area contributed by atoms with Crippen LogP contribution in [-0.4, -0.2) is 35.4 Å². The Kier molecular flexibility index (Phi) is 7.22. The number of rotatable bonds is 7. The van der Waals surface area contributed by atoms with Crippen LogP contribution in [0.15, 0.2) is 24.4 Å². The highest BCUT2D eigenvalue weighted by Crippen LogP contribution is 2.30. The van der Waals surface area contributed by atoms with Gasteiger partial charge in [0.15, 0.2) is 0 Å². The summed E-state index contributed by atoms with van der Waals surface area (Å²) in [5, 5.41) is 3.27. The van der Waals surface area contributed by atoms with Crippen LogP contribution in [0.2, 0.25) is 0 Å². The number of carbonyl (C=O) groups is 1. The van der Waals surface area contributed by atoms with E-state index in [9.17, 15) is 4.79 Å². The van der Waals surface area contributed by atoms with Gasteiger partial charge in [-0.15, -0.1) is 0 Å². The van der Waals surface area contributed by atoms with Crippen LogP contribution in [0.5, 0.6) is 0 Å². The van der Waals surface area contributed by atoms with Gasteiger partial charge in [0.25, 0.3) is 0 Å². The molecule has 0 radical (unpaired) electrons. The molecular formula is C20H33N3O. The number of hydrogen-bond donors (Lipinski definition) is 1. The third-order valence-electron chi connectivity index (χ3n) is 4.64. The first-order valence-electron chi connectivity index (χ1n) is 9.38. The second kappa shape index (κ2) is 9.16. The normalized spacial score (nSPS) is 18.1. The summed E-state index contributed by atoms with van der Waals surface area (Å²) in [6.07, 6.45) is 4.65. The van der Waals surface area contributed by atoms with Crippen LogP contribution in [0, 0.1) is 17.8 Å². The molecule has 0 unspecified atom stereocenters. The van der Waals surface area contributed by atoms with E-state index in [-0.39, 0.29) is 11.9 Å². The first kappa shape index (κ1) is 18.9. The maximum absolute atomic E-state index is 12.3. The smallest absolute Gasteiger partial charge is 0.220 e. The molecule has 4 heteroatoms. The number of amides is 1. The largest absolute Gasteiger partial charge is 0.347 e. The van der Waals surface area contributed by atoms with E-state index in [0.29, 0.717) is 24.2 Å². The van der Waals surface area contributed by atoms with Crippen LogP contribution in [-0.2, 0) is 4.79 Å². The van der Waals surface area contributed by atoms with Gasteiger partial charge in [-0.3, -0.25) is 9.78 Å². The number of nitrogens with zero attached hydrogens (tertiary/aromatic N) is 2. The average molecular weight is 332 g/mol. The van der Waals surface area contributed by atoms with E-state index in [4.69, 9.17) is 0 Å². The third-order valence-corrected chi connectivity index (χ3v) is 4.64. The molecule has 1 N–H and O–H groups in total. The lowest BCUT2D eigenvalue weighted by Crippen LogP contribution is -2.42. The van der Waals surface area contributed by atoms with Gasteiger partial charge in [-0.2, -0.15) is 0 Å². The molecule has 4 nitrogen and oxygen atoms in total. The van der Waals surface area contributed by atoms with E-state index in [2.05, 4.69) is 42.9 Å². The number of aromatic nitrogens is 1. The van der Waals surface area contributed by atoms with Crippen LogP contribution in [0.25, 0.3) is 0 Å². The fraction of sp³-hybridized carbons (Fsp3) is 0.700. The Labute approximate surface area is 147 Å². The minimum absolute atomic E-state index is 0.0404. The summed E-state index contributed by atoms with van der Waals surface area (Å²) in [6, 6.07) is 6.03. The Hall–Kier alpha value is -1.42. The van der Waals surface area contributed by atoms with Crippen molar-refractivity contribution in [3.8, 4) is 0 Å². The second-order valence-corrected chi connectivity index (χ2v) is 7.93. The average Bonchev–Trinajstić information content (AvgIpc) is 2.53. The molecule has 2 heterocycles. The number of pyridine rings is 1. The fourth-order valence-electron chi connectivity index (χ4n) is 3.58. The number of piperidine rings is 1. The molecule has 0 aliphatic carbocycles. The molecule has 1 aromatic rings. The monoisotopic (exact) mass is 331 g/mol. The van der Waals surface area contributed by atoms with Crippen molar-refractivity contribution in [3.63, 3.8) is 0 Å². The molecule has 1 aliphatic heterocycles. The summed E-state index contributed by atoms with van der Waals surface area (Å²) < 4.78 is 0. The molecule has 1 aromatic heterocycles. The highest BCUT2D eigenvalue weighted by molar-refractivity contribution is 5.76. The molecule has 0 saturated carbocycles. The molecule has 1 fully saturated rings. The van der Waals surface area contributed by atoms with E-state index >= 15 is 0 Å². The molecule has 134 valence electrons. The van der Waals surface area contributed by atoms with Crippen molar-refractivity contribution in [2.45, 2.75) is 53.0 Å². The van der Waals surface area contributed by atoms with Gasteiger partial charge in [-0.25, -0.2) is 0 Å². The summed E-state index contributed by atoms with van der Waals surface area (Å²) in [6.45, 7) is 12.1. The second-order valence-electron chi connectivity index (χ2n) is 7.93. The standard InChI is InChI=1S/C20H33N3O/c1-15(2)13-19(24)22-20(18-7-5-6-10-21-18)17-8-11-23(12-9-17)14-16(3)4/h5-7,10,15-17,20H,8-9,11-14H2,1-4H3,(H,22,24)/t20-/m1/s1. The van der Waals surface area contributed by atoms with Gasteiger partial charge in [-0.05, 0) is 55.8 Å². The van der Waals surface area contributed by atoms with Crippen molar-refractivity contribution in [2.24, 2.45) is 17.8 Å². The summed E-state index contributed by atoms with van der Waals surface area (Å²) in [7, 11) is 0. The van der Waals surface area contributed by atoms with Gasteiger partial charge >= 0.3 is 0 Å². The van der Waals surface area contributed by atoms with Gasteiger partial charge in [0.1, 0.15) is 0 Å². The van der Waals surface area contributed by atoms with Gasteiger partial charge in [-0.1, -0.05) is 33.8 Å². The summed E-state index contributed by atoms with van der Waals surface area (Å²) in [4.78, 5) is 19.4. The van der Waals surface area contributed by atoms with Gasteiger partial charge in [0, 0.05) is 19.2 Å². The Balaban J connectivity index is 2.03. The van der Waals surface area contributed by atoms with Crippen LogP contribution in [0.1, 0.15) is 58.7 Å². The molecule has 0 bridgehead atoms. The van der Waals surface area contributed by atoms with E-state index in [0.717, 1.165) is 31.6 Å². The van der Waals surface area contributed by atoms with E-state index < -0.39 is 0 Å². The Bertz CT molecular complexity index is 493. The van der Waals surface area contributed by atoms with Crippen molar-refractivity contribution in [3.05, 3.63) is 30.1 Å². The fourth-order valence-corrected chi connectivity index (χ4v) is 3.58. The zero-order valence-electron chi connectivity index (χ0n) is 15.7. The minimum atomic E-state index is 0.0404. The van der Waals surface area contributed by atoms with Crippen LogP contribution in [0.4, 0.5) is 0 Å². The Morgan fingerprint density at radius 2 is 1.92 bits per heavy atom. The van der Waals surface area contributed by atoms with Crippen molar-refractivity contribution in [1.82, 2.24) is 15.2 Å². The topological polar surface area (TPSA) is 45.2 Å². The van der Waals surface area contributed by atoms with Gasteiger partial charge < -0.3 is 10.2 Å². The number of hydrogen-bond acceptors (Lipinski definition) is 3. The highest BCUT2D eigenvalue weighted by Gasteiger charge is 2.29. The summed E-state index contributed by atoms with van der Waals surface area (Å²) in [5.74, 6) is 1.70. The predicted octanol–water partition coefficient (Wildman–Crippen LogP) is 3.65. The van der Waals surface area contributed by atoms with Crippen LogP contribution >= 0.6 is 0 Å². The Morgan fingerprint density at radius 1 is 1.21 bits per heavy atom. The molecular weight excluding hydrogens is 298 g/mol.